The Labute approximate surface area is 153 Å². The molecule has 0 N–H and O–H groups in total. The van der Waals surface area contributed by atoms with Crippen LogP contribution < -0.4 is 0 Å². The minimum Gasteiger partial charge on any atom is -0.342 e. The third-order valence-electron chi connectivity index (χ3n) is 4.57. The van der Waals surface area contributed by atoms with Crippen LogP contribution in [0.15, 0.2) is 24.8 Å². The van der Waals surface area contributed by atoms with Gasteiger partial charge in [-0.25, -0.2) is 9.97 Å². The fourth-order valence-corrected chi connectivity index (χ4v) is 3.46. The predicted octanol–water partition coefficient (Wildman–Crippen LogP) is 3.12. The number of nitrogens with zero attached hydrogens (tertiary/aromatic N) is 5. The molecule has 0 radical (unpaired) electrons. The van der Waals surface area contributed by atoms with Gasteiger partial charge in [-0.15, -0.1) is 11.6 Å². The van der Waals surface area contributed by atoms with Crippen LogP contribution in [0.4, 0.5) is 0 Å². The van der Waals surface area contributed by atoms with Gasteiger partial charge < -0.3 is 4.90 Å². The van der Waals surface area contributed by atoms with Crippen molar-refractivity contribution in [1.29, 1.82) is 0 Å². The van der Waals surface area contributed by atoms with Gasteiger partial charge in [-0.2, -0.15) is 0 Å². The van der Waals surface area contributed by atoms with Gasteiger partial charge >= 0.3 is 0 Å². The van der Waals surface area contributed by atoms with Gasteiger partial charge in [0.05, 0.1) is 11.9 Å². The van der Waals surface area contributed by atoms with Crippen molar-refractivity contribution in [3.8, 4) is 5.82 Å². The number of imidazole rings is 1. The van der Waals surface area contributed by atoms with Crippen molar-refractivity contribution < 1.29 is 4.79 Å². The molecule has 3 rings (SSSR count). The molecule has 7 heteroatoms. The van der Waals surface area contributed by atoms with E-state index >= 15 is 0 Å². The first-order valence-corrected chi connectivity index (χ1v) is 9.33. The molecule has 0 bridgehead atoms. The molecule has 6 nitrogen and oxygen atoms in total. The first kappa shape index (κ1) is 17.9. The molecule has 0 saturated carbocycles. The molecule has 1 aliphatic rings. The molecular weight excluding hydrogens is 338 g/mol. The molecule has 1 saturated heterocycles. The number of piperidine rings is 1. The lowest BCUT2D eigenvalue weighted by Crippen LogP contribution is -2.39. The quantitative estimate of drug-likeness (QED) is 0.767. The maximum Gasteiger partial charge on any atom is 0.223 e. The van der Waals surface area contributed by atoms with Crippen LogP contribution in [0.3, 0.4) is 0 Å². The van der Waals surface area contributed by atoms with E-state index in [2.05, 4.69) is 23.8 Å². The van der Waals surface area contributed by atoms with E-state index in [1.165, 1.54) is 0 Å². The highest BCUT2D eigenvalue weighted by molar-refractivity contribution is 6.18. The van der Waals surface area contributed by atoms with Crippen molar-refractivity contribution in [3.05, 3.63) is 36.3 Å². The standard InChI is InChI=1S/C18H24ClN5O/c1-13(2)18-21-7-9-24(18)16-11-20-10-15(22-16)14-4-3-8-23(12-14)17(25)5-6-19/h7,9-11,13-14H,3-6,8,12H2,1-2H3. The number of hydrogen-bond acceptors (Lipinski definition) is 4. The third kappa shape index (κ3) is 4.00. The van der Waals surface area contributed by atoms with E-state index in [4.69, 9.17) is 16.6 Å². The number of halogens is 1. The number of alkyl halides is 1. The van der Waals surface area contributed by atoms with Crippen LogP contribution in [0.2, 0.25) is 0 Å². The summed E-state index contributed by atoms with van der Waals surface area (Å²) in [5.41, 5.74) is 0.935. The molecule has 1 fully saturated rings. The zero-order chi connectivity index (χ0) is 17.8. The lowest BCUT2D eigenvalue weighted by Gasteiger charge is -2.32. The first-order valence-electron chi connectivity index (χ1n) is 8.79. The van der Waals surface area contributed by atoms with Crippen molar-refractivity contribution in [3.63, 3.8) is 0 Å². The van der Waals surface area contributed by atoms with E-state index in [0.29, 0.717) is 24.8 Å². The molecule has 0 spiro atoms. The lowest BCUT2D eigenvalue weighted by atomic mass is 9.95. The summed E-state index contributed by atoms with van der Waals surface area (Å²) in [7, 11) is 0. The molecule has 2 aromatic heterocycles. The Balaban J connectivity index is 1.81. The highest BCUT2D eigenvalue weighted by Gasteiger charge is 2.26. The molecule has 1 unspecified atom stereocenters. The van der Waals surface area contributed by atoms with Crippen LogP contribution in [0.1, 0.15) is 56.5 Å². The summed E-state index contributed by atoms with van der Waals surface area (Å²) < 4.78 is 1.99. The van der Waals surface area contributed by atoms with Crippen LogP contribution >= 0.6 is 11.6 Å². The Morgan fingerprint density at radius 3 is 3.00 bits per heavy atom. The van der Waals surface area contributed by atoms with Crippen molar-refractivity contribution in [2.75, 3.05) is 19.0 Å². The summed E-state index contributed by atoms with van der Waals surface area (Å²) in [6.07, 6.45) is 9.67. The van der Waals surface area contributed by atoms with Crippen LogP contribution in [0.5, 0.6) is 0 Å². The van der Waals surface area contributed by atoms with Gasteiger partial charge in [0, 0.05) is 55.8 Å². The largest absolute Gasteiger partial charge is 0.342 e. The Kier molecular flexibility index (Phi) is 5.68. The van der Waals surface area contributed by atoms with Crippen LogP contribution in [0.25, 0.3) is 5.82 Å². The van der Waals surface area contributed by atoms with Crippen molar-refractivity contribution >= 4 is 17.5 Å². The molecule has 3 heterocycles. The smallest absolute Gasteiger partial charge is 0.223 e. The minimum absolute atomic E-state index is 0.125. The number of rotatable bonds is 5. The summed E-state index contributed by atoms with van der Waals surface area (Å²) in [5.74, 6) is 2.76. The summed E-state index contributed by atoms with van der Waals surface area (Å²) in [5, 5.41) is 0. The van der Waals surface area contributed by atoms with Crippen LogP contribution in [-0.2, 0) is 4.79 Å². The minimum atomic E-state index is 0.125. The second-order valence-electron chi connectivity index (χ2n) is 6.73. The van der Waals surface area contributed by atoms with E-state index in [9.17, 15) is 4.79 Å². The molecule has 134 valence electrons. The molecule has 25 heavy (non-hydrogen) atoms. The lowest BCUT2D eigenvalue weighted by molar-refractivity contribution is -0.132. The van der Waals surface area contributed by atoms with Gasteiger partial charge in [0.2, 0.25) is 5.91 Å². The van der Waals surface area contributed by atoms with Crippen molar-refractivity contribution in [2.24, 2.45) is 0 Å². The number of likely N-dealkylation sites (tertiary alicyclic amines) is 1. The zero-order valence-electron chi connectivity index (χ0n) is 14.7. The molecule has 1 amide bonds. The SMILES string of the molecule is CC(C)c1nccn1-c1cncc(C2CCCN(C(=O)CCCl)C2)n1. The van der Waals surface area contributed by atoms with Gasteiger partial charge in [0.1, 0.15) is 5.82 Å². The fraction of sp³-hybridized carbons (Fsp3) is 0.556. The number of carbonyl (C=O) groups excluding carboxylic acids is 1. The molecular formula is C18H24ClN5O. The summed E-state index contributed by atoms with van der Waals surface area (Å²) in [4.78, 5) is 27.7. The van der Waals surface area contributed by atoms with Gasteiger partial charge in [0.15, 0.2) is 5.82 Å². The topological polar surface area (TPSA) is 63.9 Å². The molecule has 0 aliphatic carbocycles. The van der Waals surface area contributed by atoms with Gasteiger partial charge in [-0.05, 0) is 12.8 Å². The maximum atomic E-state index is 12.1. The highest BCUT2D eigenvalue weighted by atomic mass is 35.5. The highest BCUT2D eigenvalue weighted by Crippen LogP contribution is 2.26. The molecule has 1 atom stereocenters. The molecule has 0 aromatic carbocycles. The van der Waals surface area contributed by atoms with Crippen LogP contribution in [0, 0.1) is 0 Å². The van der Waals surface area contributed by atoms with Crippen molar-refractivity contribution in [2.45, 2.75) is 44.9 Å². The Bertz CT molecular complexity index is 730. The fourth-order valence-electron chi connectivity index (χ4n) is 3.30. The van der Waals surface area contributed by atoms with Gasteiger partial charge in [-0.3, -0.25) is 14.3 Å². The predicted molar refractivity (Wildman–Crippen MR) is 97.1 cm³/mol. The van der Waals surface area contributed by atoms with E-state index < -0.39 is 0 Å². The number of amides is 1. The normalized spacial score (nSPS) is 17.9. The van der Waals surface area contributed by atoms with Gasteiger partial charge in [0.25, 0.3) is 0 Å². The van der Waals surface area contributed by atoms with Crippen molar-refractivity contribution in [1.82, 2.24) is 24.4 Å². The van der Waals surface area contributed by atoms with E-state index in [0.717, 1.165) is 36.7 Å². The second kappa shape index (κ2) is 7.95. The average molecular weight is 362 g/mol. The maximum absolute atomic E-state index is 12.1. The van der Waals surface area contributed by atoms with Crippen LogP contribution in [-0.4, -0.2) is 49.3 Å². The van der Waals surface area contributed by atoms with E-state index in [1.54, 1.807) is 12.4 Å². The first-order chi connectivity index (χ1) is 12.1. The summed E-state index contributed by atoms with van der Waals surface area (Å²) in [6, 6.07) is 0. The Morgan fingerprint density at radius 1 is 1.40 bits per heavy atom. The third-order valence-corrected chi connectivity index (χ3v) is 4.76. The number of hydrogen-bond donors (Lipinski definition) is 0. The molecule has 1 aliphatic heterocycles. The Morgan fingerprint density at radius 2 is 2.24 bits per heavy atom. The monoisotopic (exact) mass is 361 g/mol. The van der Waals surface area contributed by atoms with E-state index in [1.807, 2.05) is 21.9 Å². The second-order valence-corrected chi connectivity index (χ2v) is 7.11. The summed E-state index contributed by atoms with van der Waals surface area (Å²) >= 11 is 5.71. The Hall–Kier alpha value is -1.95. The average Bonchev–Trinajstić information content (AvgIpc) is 3.12. The van der Waals surface area contributed by atoms with E-state index in [-0.39, 0.29) is 11.8 Å². The summed E-state index contributed by atoms with van der Waals surface area (Å²) in [6.45, 7) is 5.71. The number of aromatic nitrogens is 4. The number of carbonyl (C=O) groups is 1. The van der Waals surface area contributed by atoms with Gasteiger partial charge in [-0.1, -0.05) is 13.8 Å². The molecule has 2 aromatic rings. The zero-order valence-corrected chi connectivity index (χ0v) is 15.5.